The number of aliphatic hydroxyl groups excluding tert-OH is 1. The van der Waals surface area contributed by atoms with Crippen LogP contribution in [0, 0.1) is 11.8 Å². The number of esters is 4. The third-order valence-corrected chi connectivity index (χ3v) is 23.1. The van der Waals surface area contributed by atoms with E-state index in [0.29, 0.717) is 25.7 Å². The van der Waals surface area contributed by atoms with Crippen molar-refractivity contribution >= 4 is 39.5 Å². The molecule has 2 unspecified atom stereocenters. The molecular formula is C90H176O17P2. The molecule has 0 amide bonds. The summed E-state index contributed by atoms with van der Waals surface area (Å²) >= 11 is 0. The van der Waals surface area contributed by atoms with Gasteiger partial charge in [0.2, 0.25) is 0 Å². The van der Waals surface area contributed by atoms with Crippen molar-refractivity contribution in [3.05, 3.63) is 0 Å². The molecule has 19 heteroatoms. The number of phosphoric ester groups is 2. The predicted molar refractivity (Wildman–Crippen MR) is 451 cm³/mol. The summed E-state index contributed by atoms with van der Waals surface area (Å²) in [5.41, 5.74) is 0. The smallest absolute Gasteiger partial charge is 0.462 e. The van der Waals surface area contributed by atoms with E-state index in [-0.39, 0.29) is 25.7 Å². The minimum absolute atomic E-state index is 0.108. The molecule has 0 aromatic rings. The molecule has 0 spiro atoms. The van der Waals surface area contributed by atoms with Crippen LogP contribution in [0.15, 0.2) is 0 Å². The molecule has 0 aliphatic carbocycles. The minimum Gasteiger partial charge on any atom is -0.462 e. The summed E-state index contributed by atoms with van der Waals surface area (Å²) in [5.74, 6) is -0.488. The van der Waals surface area contributed by atoms with Crippen LogP contribution in [0.25, 0.3) is 0 Å². The lowest BCUT2D eigenvalue weighted by atomic mass is 10.0. The Morgan fingerprint density at radius 3 is 0.624 bits per heavy atom. The van der Waals surface area contributed by atoms with E-state index in [1.807, 2.05) is 0 Å². The zero-order valence-corrected chi connectivity index (χ0v) is 73.7. The number of carbonyl (C=O) groups is 4. The number of carbonyl (C=O) groups excluding carboxylic acids is 4. The summed E-state index contributed by atoms with van der Waals surface area (Å²) in [6, 6.07) is 0. The van der Waals surface area contributed by atoms with Crippen LogP contribution in [0.2, 0.25) is 0 Å². The molecule has 0 fully saturated rings. The van der Waals surface area contributed by atoms with E-state index < -0.39 is 97.5 Å². The van der Waals surface area contributed by atoms with E-state index in [0.717, 1.165) is 102 Å². The highest BCUT2D eigenvalue weighted by Crippen LogP contribution is 2.45. The summed E-state index contributed by atoms with van der Waals surface area (Å²) in [6.07, 6.45) is 75.1. The van der Waals surface area contributed by atoms with Crippen LogP contribution >= 0.6 is 15.6 Å². The average molecular weight is 1590 g/mol. The van der Waals surface area contributed by atoms with Gasteiger partial charge in [0, 0.05) is 25.7 Å². The number of unbranched alkanes of at least 4 members (excludes halogenated alkanes) is 59. The molecule has 0 bridgehead atoms. The van der Waals surface area contributed by atoms with Crippen LogP contribution in [0.3, 0.4) is 0 Å². The molecule has 0 radical (unpaired) electrons. The minimum atomic E-state index is -4.97. The number of rotatable bonds is 89. The fourth-order valence-corrected chi connectivity index (χ4v) is 15.7. The van der Waals surface area contributed by atoms with Gasteiger partial charge in [0.15, 0.2) is 12.2 Å². The molecule has 5 atom stereocenters. The first-order chi connectivity index (χ1) is 52.9. The Bertz CT molecular complexity index is 2080. The van der Waals surface area contributed by atoms with Crippen LogP contribution in [0.4, 0.5) is 0 Å². The third-order valence-electron chi connectivity index (χ3n) is 21.2. The molecule has 0 aromatic heterocycles. The highest BCUT2D eigenvalue weighted by molar-refractivity contribution is 7.47. The molecule has 0 saturated carbocycles. The quantitative estimate of drug-likeness (QED) is 0.0222. The van der Waals surface area contributed by atoms with Crippen molar-refractivity contribution in [1.82, 2.24) is 0 Å². The Morgan fingerprint density at radius 1 is 0.248 bits per heavy atom. The number of ether oxygens (including phenoxy) is 4. The number of phosphoric acid groups is 2. The van der Waals surface area contributed by atoms with Crippen molar-refractivity contribution in [1.29, 1.82) is 0 Å². The zero-order chi connectivity index (χ0) is 79.9. The van der Waals surface area contributed by atoms with Crippen molar-refractivity contribution in [2.75, 3.05) is 39.6 Å². The van der Waals surface area contributed by atoms with E-state index in [9.17, 15) is 43.2 Å². The standard InChI is InChI=1S/C90H176O17P2/c1-7-9-11-13-15-17-19-20-21-22-23-24-25-26-31-34-39-44-50-56-62-68-74-89(94)107-86(79-101-88(93)73-67-61-55-49-43-38-33-30-28-27-29-32-36-41-46-52-58-64-70-82(3)4)81-105-109(98,99)103-77-84(91)76-102-108(96,97)104-80-85(78-100-87(92)72-66-60-54-48-18-16-14-12-10-8-2)106-90(95)75-69-63-57-51-45-40-35-37-42-47-53-59-65-71-83(5)6/h82-86,91H,7-81H2,1-6H3,(H,96,97)(H,98,99)/t84-,85+,86+/m0/s1. The topological polar surface area (TPSA) is 237 Å². The molecule has 0 saturated heterocycles. The van der Waals surface area contributed by atoms with Crippen molar-refractivity contribution < 1.29 is 80.2 Å². The molecule has 3 N–H and O–H groups in total. The van der Waals surface area contributed by atoms with E-state index >= 15 is 0 Å². The number of hydrogen-bond donors (Lipinski definition) is 3. The molecule has 0 aliphatic rings. The van der Waals surface area contributed by atoms with Crippen LogP contribution < -0.4 is 0 Å². The summed E-state index contributed by atoms with van der Waals surface area (Å²) in [5, 5.41) is 10.7. The highest BCUT2D eigenvalue weighted by atomic mass is 31.2. The average Bonchev–Trinajstić information content (AvgIpc) is 0.898. The maximum Gasteiger partial charge on any atom is 0.472 e. The van der Waals surface area contributed by atoms with Gasteiger partial charge < -0.3 is 33.8 Å². The van der Waals surface area contributed by atoms with Crippen LogP contribution in [0.1, 0.15) is 485 Å². The van der Waals surface area contributed by atoms with Crippen LogP contribution in [0.5, 0.6) is 0 Å². The maximum absolute atomic E-state index is 13.2. The van der Waals surface area contributed by atoms with Gasteiger partial charge in [-0.2, -0.15) is 0 Å². The normalized spacial score (nSPS) is 13.8. The van der Waals surface area contributed by atoms with E-state index in [4.69, 9.17) is 37.0 Å². The van der Waals surface area contributed by atoms with Gasteiger partial charge in [-0.3, -0.25) is 37.3 Å². The lowest BCUT2D eigenvalue weighted by molar-refractivity contribution is -0.161. The first-order valence-electron chi connectivity index (χ1n) is 46.5. The second-order valence-electron chi connectivity index (χ2n) is 33.3. The monoisotopic (exact) mass is 1590 g/mol. The Morgan fingerprint density at radius 2 is 0.422 bits per heavy atom. The van der Waals surface area contributed by atoms with Gasteiger partial charge in [0.05, 0.1) is 26.4 Å². The molecular weight excluding hydrogens is 1410 g/mol. The van der Waals surface area contributed by atoms with Crippen LogP contribution in [-0.2, 0) is 65.4 Å². The molecule has 0 aliphatic heterocycles. The Kier molecular flexibility index (Phi) is 79.8. The van der Waals surface area contributed by atoms with Gasteiger partial charge in [0.25, 0.3) is 0 Å². The predicted octanol–water partition coefficient (Wildman–Crippen LogP) is 27.8. The van der Waals surface area contributed by atoms with Crippen molar-refractivity contribution in [3.63, 3.8) is 0 Å². The van der Waals surface area contributed by atoms with Gasteiger partial charge in [0.1, 0.15) is 19.3 Å². The lowest BCUT2D eigenvalue weighted by Crippen LogP contribution is -2.30. The largest absolute Gasteiger partial charge is 0.472 e. The number of hydrogen-bond acceptors (Lipinski definition) is 15. The fourth-order valence-electron chi connectivity index (χ4n) is 14.1. The molecule has 109 heavy (non-hydrogen) atoms. The summed E-state index contributed by atoms with van der Waals surface area (Å²) in [4.78, 5) is 73.3. The Labute approximate surface area is 670 Å². The summed E-state index contributed by atoms with van der Waals surface area (Å²) in [6.45, 7) is 9.73. The lowest BCUT2D eigenvalue weighted by Gasteiger charge is -2.21. The van der Waals surface area contributed by atoms with Gasteiger partial charge in [-0.1, -0.05) is 433 Å². The molecule has 17 nitrogen and oxygen atoms in total. The van der Waals surface area contributed by atoms with Crippen LogP contribution in [-0.4, -0.2) is 96.7 Å². The highest BCUT2D eigenvalue weighted by Gasteiger charge is 2.31. The fraction of sp³-hybridized carbons (Fsp3) is 0.956. The summed E-state index contributed by atoms with van der Waals surface area (Å²) in [7, 11) is -9.93. The second-order valence-corrected chi connectivity index (χ2v) is 36.2. The molecule has 0 rings (SSSR count). The van der Waals surface area contributed by atoms with E-state index in [2.05, 4.69) is 41.5 Å². The van der Waals surface area contributed by atoms with Gasteiger partial charge >= 0.3 is 39.5 Å². The van der Waals surface area contributed by atoms with Gasteiger partial charge in [-0.15, -0.1) is 0 Å². The maximum atomic E-state index is 13.2. The second kappa shape index (κ2) is 81.2. The first-order valence-corrected chi connectivity index (χ1v) is 49.5. The molecule has 648 valence electrons. The van der Waals surface area contributed by atoms with Crippen molar-refractivity contribution in [2.45, 2.75) is 503 Å². The Balaban J connectivity index is 5.21. The number of aliphatic hydroxyl groups is 1. The molecule has 0 aromatic carbocycles. The zero-order valence-electron chi connectivity index (χ0n) is 71.9. The SMILES string of the molecule is CCCCCCCCCCCCCCCCCCCCCCCCC(=O)O[C@H](COC(=O)CCCCCCCCCCCCCCCCCCCCC(C)C)COP(=O)(O)OC[C@@H](O)COP(=O)(O)OC[C@@H](COC(=O)CCCCCCCCCCCC)OC(=O)CCCCCCCCCCCCCCCC(C)C. The summed E-state index contributed by atoms with van der Waals surface area (Å²) < 4.78 is 69.0. The first kappa shape index (κ1) is 107. The van der Waals surface area contributed by atoms with E-state index in [1.54, 1.807) is 0 Å². The van der Waals surface area contributed by atoms with Crippen molar-refractivity contribution in [2.24, 2.45) is 11.8 Å². The van der Waals surface area contributed by atoms with Gasteiger partial charge in [-0.25, -0.2) is 9.13 Å². The third kappa shape index (κ3) is 83.8. The van der Waals surface area contributed by atoms with E-state index in [1.165, 1.54) is 302 Å². The van der Waals surface area contributed by atoms with Crippen molar-refractivity contribution in [3.8, 4) is 0 Å². The van der Waals surface area contributed by atoms with Gasteiger partial charge in [-0.05, 0) is 37.5 Å². The molecule has 0 heterocycles. The Hall–Kier alpha value is -1.94.